The van der Waals surface area contributed by atoms with Crippen molar-refractivity contribution in [2.24, 2.45) is 7.05 Å². The number of nitrogens with one attached hydrogen (secondary N) is 2. The summed E-state index contributed by atoms with van der Waals surface area (Å²) in [4.78, 5) is 24.0. The summed E-state index contributed by atoms with van der Waals surface area (Å²) >= 11 is 0. The standard InChI is InChI=1S/C16H19N5O2/c1-21-15(22)7-10-6-11(4-5-12(10)20-21)17-16(23)14-8-13(18-19-14)9-2-3-9/h7-9,11H,2-6H2,1H3,(H,17,23)(H,18,19). The van der Waals surface area contributed by atoms with Gasteiger partial charge in [0.15, 0.2) is 0 Å². The van der Waals surface area contributed by atoms with Crippen LogP contribution in [0.1, 0.15) is 52.6 Å². The first-order chi connectivity index (χ1) is 11.1. The van der Waals surface area contributed by atoms with Crippen molar-refractivity contribution in [1.29, 1.82) is 0 Å². The molecule has 1 amide bonds. The van der Waals surface area contributed by atoms with Gasteiger partial charge in [-0.25, -0.2) is 4.68 Å². The molecule has 120 valence electrons. The predicted octanol–water partition coefficient (Wildman–Crippen LogP) is 0.668. The fraction of sp³-hybridized carbons (Fsp3) is 0.500. The fourth-order valence-electron chi connectivity index (χ4n) is 3.13. The summed E-state index contributed by atoms with van der Waals surface area (Å²) in [6.45, 7) is 0. The van der Waals surface area contributed by atoms with E-state index in [2.05, 4.69) is 20.6 Å². The van der Waals surface area contributed by atoms with Crippen LogP contribution in [0.25, 0.3) is 0 Å². The number of hydrogen-bond acceptors (Lipinski definition) is 4. The highest BCUT2D eigenvalue weighted by atomic mass is 16.2. The quantitative estimate of drug-likeness (QED) is 0.871. The van der Waals surface area contributed by atoms with Gasteiger partial charge in [0.05, 0.1) is 5.69 Å². The lowest BCUT2D eigenvalue weighted by Crippen LogP contribution is -2.40. The van der Waals surface area contributed by atoms with E-state index in [9.17, 15) is 9.59 Å². The van der Waals surface area contributed by atoms with E-state index < -0.39 is 0 Å². The summed E-state index contributed by atoms with van der Waals surface area (Å²) in [6.07, 6.45) is 4.57. The van der Waals surface area contributed by atoms with Crippen LogP contribution >= 0.6 is 0 Å². The summed E-state index contributed by atoms with van der Waals surface area (Å²) in [5.74, 6) is 0.395. The predicted molar refractivity (Wildman–Crippen MR) is 83.3 cm³/mol. The molecule has 2 heterocycles. The molecular weight excluding hydrogens is 294 g/mol. The molecule has 0 spiro atoms. The van der Waals surface area contributed by atoms with Gasteiger partial charge in [0.2, 0.25) is 0 Å². The molecule has 2 N–H and O–H groups in total. The van der Waals surface area contributed by atoms with E-state index in [0.29, 0.717) is 18.0 Å². The zero-order valence-corrected chi connectivity index (χ0v) is 13.0. The summed E-state index contributed by atoms with van der Waals surface area (Å²) in [5, 5.41) is 14.4. The van der Waals surface area contributed by atoms with Crippen LogP contribution < -0.4 is 10.9 Å². The molecule has 2 aliphatic carbocycles. The number of amides is 1. The smallest absolute Gasteiger partial charge is 0.272 e. The first kappa shape index (κ1) is 14.2. The van der Waals surface area contributed by atoms with Gasteiger partial charge < -0.3 is 5.32 Å². The Morgan fingerprint density at radius 2 is 2.17 bits per heavy atom. The lowest BCUT2D eigenvalue weighted by atomic mass is 9.92. The number of fused-ring (bicyclic) bond motifs is 1. The molecule has 23 heavy (non-hydrogen) atoms. The van der Waals surface area contributed by atoms with Gasteiger partial charge in [-0.05, 0) is 43.7 Å². The second-order valence-electron chi connectivity index (χ2n) is 6.47. The molecule has 1 saturated carbocycles. The van der Waals surface area contributed by atoms with Crippen molar-refractivity contribution in [3.8, 4) is 0 Å². The number of aromatic nitrogens is 4. The van der Waals surface area contributed by atoms with E-state index in [1.165, 1.54) is 17.5 Å². The highest BCUT2D eigenvalue weighted by Gasteiger charge is 2.27. The zero-order chi connectivity index (χ0) is 16.0. The second-order valence-corrected chi connectivity index (χ2v) is 6.47. The van der Waals surface area contributed by atoms with Crippen LogP contribution in [0.3, 0.4) is 0 Å². The Balaban J connectivity index is 1.45. The highest BCUT2D eigenvalue weighted by molar-refractivity contribution is 5.92. The van der Waals surface area contributed by atoms with Gasteiger partial charge in [-0.2, -0.15) is 10.2 Å². The number of H-pyrrole nitrogens is 1. The second kappa shape index (κ2) is 5.33. The van der Waals surface area contributed by atoms with Gasteiger partial charge in [0.25, 0.3) is 11.5 Å². The Kier molecular flexibility index (Phi) is 3.28. The van der Waals surface area contributed by atoms with Gasteiger partial charge in [-0.3, -0.25) is 14.7 Å². The van der Waals surface area contributed by atoms with E-state index in [4.69, 9.17) is 0 Å². The largest absolute Gasteiger partial charge is 0.348 e. The summed E-state index contributed by atoms with van der Waals surface area (Å²) < 4.78 is 1.36. The Bertz CT molecular complexity index is 818. The first-order valence-electron chi connectivity index (χ1n) is 8.02. The lowest BCUT2D eigenvalue weighted by molar-refractivity contribution is 0.0928. The Hall–Kier alpha value is -2.44. The lowest BCUT2D eigenvalue weighted by Gasteiger charge is -2.24. The monoisotopic (exact) mass is 313 g/mol. The van der Waals surface area contributed by atoms with Crippen molar-refractivity contribution in [3.05, 3.63) is 45.1 Å². The number of carbonyl (C=O) groups is 1. The van der Waals surface area contributed by atoms with Gasteiger partial charge >= 0.3 is 0 Å². The van der Waals surface area contributed by atoms with Crippen LogP contribution in [0.15, 0.2) is 16.9 Å². The number of rotatable bonds is 3. The first-order valence-corrected chi connectivity index (χ1v) is 8.02. The third kappa shape index (κ3) is 2.78. The topological polar surface area (TPSA) is 92.7 Å². The van der Waals surface area contributed by atoms with Gasteiger partial charge in [-0.1, -0.05) is 0 Å². The highest BCUT2D eigenvalue weighted by Crippen LogP contribution is 2.38. The average Bonchev–Trinajstić information content (AvgIpc) is 3.26. The van der Waals surface area contributed by atoms with Crippen molar-refractivity contribution in [1.82, 2.24) is 25.3 Å². The van der Waals surface area contributed by atoms with E-state index in [0.717, 1.165) is 29.8 Å². The molecule has 0 radical (unpaired) electrons. The minimum Gasteiger partial charge on any atom is -0.348 e. The number of nitrogens with zero attached hydrogens (tertiary/aromatic N) is 3. The maximum Gasteiger partial charge on any atom is 0.272 e. The SMILES string of the molecule is Cn1nc2c(cc1=O)CC(NC(=O)c1cc(C3CC3)[nH]n1)CC2. The number of aryl methyl sites for hydroxylation is 2. The zero-order valence-electron chi connectivity index (χ0n) is 13.0. The minimum absolute atomic E-state index is 0.0185. The van der Waals surface area contributed by atoms with E-state index in [1.807, 2.05) is 6.07 Å². The molecule has 2 aromatic rings. The molecule has 4 rings (SSSR count). The van der Waals surface area contributed by atoms with Crippen LogP contribution in [-0.2, 0) is 19.9 Å². The fourth-order valence-corrected chi connectivity index (χ4v) is 3.13. The minimum atomic E-state index is -0.154. The van der Waals surface area contributed by atoms with Crippen molar-refractivity contribution >= 4 is 5.91 Å². The average molecular weight is 313 g/mol. The van der Waals surface area contributed by atoms with Crippen LogP contribution in [0.5, 0.6) is 0 Å². The van der Waals surface area contributed by atoms with E-state index >= 15 is 0 Å². The molecule has 0 bridgehead atoms. The molecule has 0 aliphatic heterocycles. The molecule has 7 heteroatoms. The maximum atomic E-state index is 12.3. The van der Waals surface area contributed by atoms with Crippen LogP contribution in [-0.4, -0.2) is 31.9 Å². The molecular formula is C16H19N5O2. The van der Waals surface area contributed by atoms with Crippen LogP contribution in [0.2, 0.25) is 0 Å². The third-order valence-corrected chi connectivity index (χ3v) is 4.64. The van der Waals surface area contributed by atoms with Crippen LogP contribution in [0.4, 0.5) is 0 Å². The Morgan fingerprint density at radius 3 is 2.96 bits per heavy atom. The Morgan fingerprint density at radius 1 is 1.35 bits per heavy atom. The molecule has 1 atom stereocenters. The van der Waals surface area contributed by atoms with Gasteiger partial charge in [0, 0.05) is 30.8 Å². The van der Waals surface area contributed by atoms with Crippen molar-refractivity contribution in [3.63, 3.8) is 0 Å². The summed E-state index contributed by atoms with van der Waals surface area (Å²) in [5.41, 5.74) is 3.27. The Labute approximate surface area is 133 Å². The van der Waals surface area contributed by atoms with Crippen molar-refractivity contribution in [2.45, 2.75) is 44.1 Å². The molecule has 7 nitrogen and oxygen atoms in total. The molecule has 1 fully saturated rings. The third-order valence-electron chi connectivity index (χ3n) is 4.64. The normalized spacial score (nSPS) is 20.1. The van der Waals surface area contributed by atoms with E-state index in [-0.39, 0.29) is 17.5 Å². The molecule has 0 saturated heterocycles. The molecule has 2 aromatic heterocycles. The number of hydrogen-bond donors (Lipinski definition) is 2. The number of aromatic amines is 1. The summed E-state index contributed by atoms with van der Waals surface area (Å²) in [6, 6.07) is 3.49. The number of carbonyl (C=O) groups excluding carboxylic acids is 1. The molecule has 1 unspecified atom stereocenters. The van der Waals surface area contributed by atoms with E-state index in [1.54, 1.807) is 13.1 Å². The molecule has 0 aromatic carbocycles. The van der Waals surface area contributed by atoms with Crippen LogP contribution in [0, 0.1) is 0 Å². The summed E-state index contributed by atoms with van der Waals surface area (Å²) in [7, 11) is 1.66. The molecule has 2 aliphatic rings. The van der Waals surface area contributed by atoms with Gasteiger partial charge in [-0.15, -0.1) is 0 Å². The van der Waals surface area contributed by atoms with Crippen molar-refractivity contribution < 1.29 is 4.79 Å². The van der Waals surface area contributed by atoms with Gasteiger partial charge in [0.1, 0.15) is 5.69 Å². The van der Waals surface area contributed by atoms with Crippen molar-refractivity contribution in [2.75, 3.05) is 0 Å². The maximum absolute atomic E-state index is 12.3.